The van der Waals surface area contributed by atoms with E-state index in [-0.39, 0.29) is 11.5 Å². The van der Waals surface area contributed by atoms with Gasteiger partial charge in [-0.1, -0.05) is 19.1 Å². The SMILES string of the molecule is CC[S@](=O)c1ccccc1C(=O)OCC(=O)Nc1cc(NC(C)=O)ccc1OC. The first kappa shape index (κ1) is 22.1. The van der Waals surface area contributed by atoms with Crippen molar-refractivity contribution in [1.29, 1.82) is 0 Å². The number of methoxy groups -OCH3 is 1. The van der Waals surface area contributed by atoms with Gasteiger partial charge in [-0.25, -0.2) is 4.79 Å². The first-order valence-electron chi connectivity index (χ1n) is 8.75. The molecule has 9 heteroatoms. The van der Waals surface area contributed by atoms with Gasteiger partial charge in [0.15, 0.2) is 6.61 Å². The molecule has 0 aliphatic rings. The minimum Gasteiger partial charge on any atom is -0.495 e. The number of carbonyl (C=O) groups is 3. The van der Waals surface area contributed by atoms with Crippen LogP contribution >= 0.6 is 0 Å². The van der Waals surface area contributed by atoms with E-state index in [1.165, 1.54) is 26.2 Å². The summed E-state index contributed by atoms with van der Waals surface area (Å²) in [7, 11) is 0.106. The van der Waals surface area contributed by atoms with Crippen LogP contribution in [0, 0.1) is 0 Å². The lowest BCUT2D eigenvalue weighted by Crippen LogP contribution is -2.22. The highest BCUT2D eigenvalue weighted by molar-refractivity contribution is 7.85. The summed E-state index contributed by atoms with van der Waals surface area (Å²) in [5.74, 6) is -0.857. The third-order valence-corrected chi connectivity index (χ3v) is 5.11. The quantitative estimate of drug-likeness (QED) is 0.638. The van der Waals surface area contributed by atoms with Gasteiger partial charge in [0.2, 0.25) is 5.91 Å². The maximum absolute atomic E-state index is 12.3. The number of esters is 1. The zero-order valence-corrected chi connectivity index (χ0v) is 17.1. The molecule has 8 nitrogen and oxygen atoms in total. The molecule has 1 atom stereocenters. The minimum atomic E-state index is -1.33. The van der Waals surface area contributed by atoms with E-state index in [2.05, 4.69) is 10.6 Å². The molecule has 0 aliphatic heterocycles. The second-order valence-electron chi connectivity index (χ2n) is 5.85. The molecule has 0 aliphatic carbocycles. The molecule has 154 valence electrons. The van der Waals surface area contributed by atoms with E-state index >= 15 is 0 Å². The number of rotatable bonds is 8. The lowest BCUT2D eigenvalue weighted by atomic mass is 10.2. The van der Waals surface area contributed by atoms with Crippen LogP contribution in [0.3, 0.4) is 0 Å². The van der Waals surface area contributed by atoms with Gasteiger partial charge >= 0.3 is 5.97 Å². The lowest BCUT2D eigenvalue weighted by Gasteiger charge is -2.13. The topological polar surface area (TPSA) is 111 Å². The summed E-state index contributed by atoms with van der Waals surface area (Å²) in [6, 6.07) is 11.1. The predicted molar refractivity (Wildman–Crippen MR) is 110 cm³/mol. The third-order valence-electron chi connectivity index (χ3n) is 3.74. The molecule has 0 aromatic heterocycles. The second kappa shape index (κ2) is 10.4. The van der Waals surface area contributed by atoms with Crippen LogP contribution in [0.1, 0.15) is 24.2 Å². The number of ether oxygens (including phenoxy) is 2. The summed E-state index contributed by atoms with van der Waals surface area (Å²) in [6.07, 6.45) is 0. The number of hydrogen-bond donors (Lipinski definition) is 2. The Kier molecular flexibility index (Phi) is 7.90. The van der Waals surface area contributed by atoms with Gasteiger partial charge in [-0.2, -0.15) is 0 Å². The Morgan fingerprint density at radius 3 is 2.45 bits per heavy atom. The number of benzene rings is 2. The predicted octanol–water partition coefficient (Wildman–Crippen LogP) is 2.58. The summed E-state index contributed by atoms with van der Waals surface area (Å²) in [5, 5.41) is 5.18. The van der Waals surface area contributed by atoms with E-state index in [1.807, 2.05) is 0 Å². The first-order valence-corrected chi connectivity index (χ1v) is 10.1. The highest BCUT2D eigenvalue weighted by Crippen LogP contribution is 2.27. The second-order valence-corrected chi connectivity index (χ2v) is 7.56. The number of amides is 2. The van der Waals surface area contributed by atoms with Crippen molar-refractivity contribution in [1.82, 2.24) is 0 Å². The maximum atomic E-state index is 12.3. The fraction of sp³-hybridized carbons (Fsp3) is 0.250. The monoisotopic (exact) mass is 418 g/mol. The molecule has 0 unspecified atom stereocenters. The number of carbonyl (C=O) groups excluding carboxylic acids is 3. The molecule has 2 amide bonds. The van der Waals surface area contributed by atoms with Crippen LogP contribution < -0.4 is 15.4 Å². The fourth-order valence-electron chi connectivity index (χ4n) is 2.47. The Morgan fingerprint density at radius 1 is 1.07 bits per heavy atom. The van der Waals surface area contributed by atoms with E-state index < -0.39 is 29.3 Å². The molecule has 0 saturated carbocycles. The molecule has 0 spiro atoms. The van der Waals surface area contributed by atoms with Crippen LogP contribution in [0.4, 0.5) is 11.4 Å². The third kappa shape index (κ3) is 6.15. The highest BCUT2D eigenvalue weighted by atomic mass is 32.2. The molecule has 0 bridgehead atoms. The molecule has 2 aromatic carbocycles. The van der Waals surface area contributed by atoms with Crippen molar-refractivity contribution in [3.8, 4) is 5.75 Å². The van der Waals surface area contributed by atoms with E-state index in [1.54, 1.807) is 37.3 Å². The van der Waals surface area contributed by atoms with E-state index in [0.717, 1.165) is 0 Å². The van der Waals surface area contributed by atoms with Gasteiger partial charge in [-0.3, -0.25) is 13.8 Å². The van der Waals surface area contributed by atoms with E-state index in [0.29, 0.717) is 27.8 Å². The molecule has 0 fully saturated rings. The first-order chi connectivity index (χ1) is 13.8. The summed E-state index contributed by atoms with van der Waals surface area (Å²) >= 11 is 0. The van der Waals surface area contributed by atoms with Crippen molar-refractivity contribution in [3.05, 3.63) is 48.0 Å². The molecule has 29 heavy (non-hydrogen) atoms. The van der Waals surface area contributed by atoms with Gasteiger partial charge in [-0.15, -0.1) is 0 Å². The van der Waals surface area contributed by atoms with Gasteiger partial charge < -0.3 is 20.1 Å². The van der Waals surface area contributed by atoms with Gasteiger partial charge in [0.1, 0.15) is 5.75 Å². The Hall–Kier alpha value is -3.20. The molecule has 2 rings (SSSR count). The van der Waals surface area contributed by atoms with Crippen molar-refractivity contribution >= 4 is 40.0 Å². The standard InChI is InChI=1S/C20H22N2O6S/c1-4-29(26)18-8-6-5-7-15(18)20(25)28-12-19(24)22-16-11-14(21-13(2)23)9-10-17(16)27-3/h5-11H,4,12H2,1-3H3,(H,21,23)(H,22,24)/t29-/m0/s1. The number of anilines is 2. The molecule has 0 heterocycles. The van der Waals surface area contributed by atoms with Crippen molar-refractivity contribution in [2.24, 2.45) is 0 Å². The van der Waals surface area contributed by atoms with Crippen molar-refractivity contribution in [2.45, 2.75) is 18.7 Å². The molecule has 2 N–H and O–H groups in total. The van der Waals surface area contributed by atoms with Crippen molar-refractivity contribution in [2.75, 3.05) is 30.1 Å². The van der Waals surface area contributed by atoms with Crippen molar-refractivity contribution in [3.63, 3.8) is 0 Å². The zero-order valence-electron chi connectivity index (χ0n) is 16.3. The molecule has 0 saturated heterocycles. The van der Waals surface area contributed by atoms with Crippen LogP contribution in [0.2, 0.25) is 0 Å². The highest BCUT2D eigenvalue weighted by Gasteiger charge is 2.18. The number of nitrogens with one attached hydrogen (secondary N) is 2. The Balaban J connectivity index is 2.06. The summed E-state index contributed by atoms with van der Waals surface area (Å²) in [5.41, 5.74) is 0.944. The fourth-order valence-corrected chi connectivity index (χ4v) is 3.41. The van der Waals surface area contributed by atoms with Gasteiger partial charge in [0, 0.05) is 18.4 Å². The largest absolute Gasteiger partial charge is 0.495 e. The Labute approximate surface area is 171 Å². The Bertz CT molecular complexity index is 944. The molecule has 2 aromatic rings. The van der Waals surface area contributed by atoms with Crippen molar-refractivity contribution < 1.29 is 28.1 Å². The normalized spacial score (nSPS) is 11.3. The van der Waals surface area contributed by atoms with Crippen LogP contribution in [-0.4, -0.2) is 41.5 Å². The summed E-state index contributed by atoms with van der Waals surface area (Å²) < 4.78 is 22.3. The minimum absolute atomic E-state index is 0.158. The van der Waals surface area contributed by atoms with Crippen LogP contribution in [0.5, 0.6) is 5.75 Å². The van der Waals surface area contributed by atoms with Crippen LogP contribution in [0.25, 0.3) is 0 Å². The van der Waals surface area contributed by atoms with E-state index in [4.69, 9.17) is 9.47 Å². The molecule has 0 radical (unpaired) electrons. The average molecular weight is 418 g/mol. The Morgan fingerprint density at radius 2 is 1.79 bits per heavy atom. The van der Waals surface area contributed by atoms with Crippen LogP contribution in [-0.2, 0) is 25.1 Å². The number of hydrogen-bond acceptors (Lipinski definition) is 6. The summed E-state index contributed by atoms with van der Waals surface area (Å²) in [4.78, 5) is 36.1. The van der Waals surface area contributed by atoms with Gasteiger partial charge in [-0.05, 0) is 30.3 Å². The average Bonchev–Trinajstić information content (AvgIpc) is 2.71. The maximum Gasteiger partial charge on any atom is 0.339 e. The molecular weight excluding hydrogens is 396 g/mol. The molecular formula is C20H22N2O6S. The zero-order chi connectivity index (χ0) is 21.4. The summed E-state index contributed by atoms with van der Waals surface area (Å²) in [6.45, 7) is 2.57. The smallest absolute Gasteiger partial charge is 0.339 e. The van der Waals surface area contributed by atoms with Gasteiger partial charge in [0.25, 0.3) is 5.91 Å². The lowest BCUT2D eigenvalue weighted by molar-refractivity contribution is -0.119. The van der Waals surface area contributed by atoms with Gasteiger partial charge in [0.05, 0.1) is 34.1 Å². The van der Waals surface area contributed by atoms with Crippen LogP contribution in [0.15, 0.2) is 47.4 Å². The van der Waals surface area contributed by atoms with E-state index in [9.17, 15) is 18.6 Å².